The summed E-state index contributed by atoms with van der Waals surface area (Å²) < 4.78 is 1.88. The summed E-state index contributed by atoms with van der Waals surface area (Å²) in [5.74, 6) is 0.152. The molecule has 1 aliphatic rings. The van der Waals surface area contributed by atoms with Crippen LogP contribution in [0.4, 0.5) is 5.69 Å². The maximum Gasteiger partial charge on any atom is 0.244 e. The number of hydrogen-bond donors (Lipinski definition) is 1. The van der Waals surface area contributed by atoms with Crippen LogP contribution in [-0.4, -0.2) is 25.0 Å². The van der Waals surface area contributed by atoms with E-state index in [1.807, 2.05) is 30.0 Å². The number of para-hydroxylation sites is 1. The first-order valence-corrected chi connectivity index (χ1v) is 7.22. The number of anilines is 1. The molecule has 0 radical (unpaired) electrons. The zero-order valence-corrected chi connectivity index (χ0v) is 12.7. The lowest BCUT2D eigenvalue weighted by Gasteiger charge is -2.20. The molecule has 1 unspecified atom stereocenters. The van der Waals surface area contributed by atoms with Gasteiger partial charge in [0.25, 0.3) is 0 Å². The largest absolute Gasteiger partial charge is 0.309 e. The quantitative estimate of drug-likeness (QED) is 0.897. The van der Waals surface area contributed by atoms with Crippen molar-refractivity contribution in [1.82, 2.24) is 5.32 Å². The van der Waals surface area contributed by atoms with Gasteiger partial charge in [0.05, 0.1) is 11.7 Å². The number of nitrogens with one attached hydrogen (secondary N) is 1. The minimum atomic E-state index is -0.0426. The fourth-order valence-corrected chi connectivity index (χ4v) is 3.51. The van der Waals surface area contributed by atoms with Crippen molar-refractivity contribution >= 4 is 43.5 Å². The predicted molar refractivity (Wildman–Crippen MR) is 76.3 cm³/mol. The van der Waals surface area contributed by atoms with Crippen LogP contribution in [0.5, 0.6) is 0 Å². The molecule has 1 fully saturated rings. The lowest BCUT2D eigenvalue weighted by atomic mass is 10.2. The Bertz CT molecular complexity index is 416. The second-order valence-electron chi connectivity index (χ2n) is 3.96. The van der Waals surface area contributed by atoms with Crippen molar-refractivity contribution in [2.45, 2.75) is 19.4 Å². The molecule has 92 valence electrons. The molecule has 0 aliphatic carbocycles. The molecule has 1 saturated heterocycles. The maximum absolute atomic E-state index is 12.2. The normalized spacial score (nSPS) is 20.1. The highest BCUT2D eigenvalue weighted by atomic mass is 79.9. The molecule has 1 heterocycles. The monoisotopic (exact) mass is 360 g/mol. The van der Waals surface area contributed by atoms with E-state index in [0.29, 0.717) is 0 Å². The van der Waals surface area contributed by atoms with Gasteiger partial charge in [-0.05, 0) is 57.0 Å². The molecule has 1 amide bonds. The summed E-state index contributed by atoms with van der Waals surface area (Å²) in [5, 5.41) is 3.21. The number of halogens is 2. The van der Waals surface area contributed by atoms with Crippen LogP contribution in [0.3, 0.4) is 0 Å². The van der Waals surface area contributed by atoms with Crippen molar-refractivity contribution in [3.05, 3.63) is 27.1 Å². The molecule has 0 aromatic heterocycles. The number of nitrogens with zero attached hydrogens (tertiary/aromatic N) is 1. The van der Waals surface area contributed by atoms with Gasteiger partial charge in [-0.3, -0.25) is 4.79 Å². The van der Waals surface area contributed by atoms with Crippen molar-refractivity contribution < 1.29 is 4.79 Å². The number of carbonyl (C=O) groups excluding carboxylic acids is 1. The van der Waals surface area contributed by atoms with E-state index in [0.717, 1.165) is 34.1 Å². The molecule has 1 N–H and O–H groups in total. The van der Waals surface area contributed by atoms with Gasteiger partial charge in [0.1, 0.15) is 0 Å². The molecule has 0 saturated carbocycles. The van der Waals surface area contributed by atoms with Crippen LogP contribution in [0.15, 0.2) is 27.1 Å². The first kappa shape index (κ1) is 13.1. The number of carbonyl (C=O) groups is 1. The van der Waals surface area contributed by atoms with Crippen LogP contribution in [0, 0.1) is 0 Å². The highest BCUT2D eigenvalue weighted by Gasteiger charge is 2.33. The van der Waals surface area contributed by atoms with Crippen LogP contribution < -0.4 is 10.2 Å². The molecule has 1 aromatic rings. The van der Waals surface area contributed by atoms with Gasteiger partial charge in [0.2, 0.25) is 5.91 Å². The molecule has 1 aromatic carbocycles. The van der Waals surface area contributed by atoms with Crippen LogP contribution in [0.1, 0.15) is 13.3 Å². The topological polar surface area (TPSA) is 32.3 Å². The molecular formula is C12H14Br2N2O. The summed E-state index contributed by atoms with van der Waals surface area (Å²) in [6.45, 7) is 3.60. The van der Waals surface area contributed by atoms with E-state index in [4.69, 9.17) is 0 Å². The Labute approximate surface area is 118 Å². The third kappa shape index (κ3) is 2.56. The van der Waals surface area contributed by atoms with E-state index in [2.05, 4.69) is 37.2 Å². The Morgan fingerprint density at radius 2 is 2.06 bits per heavy atom. The summed E-state index contributed by atoms with van der Waals surface area (Å²) in [5.41, 5.74) is 0.929. The molecule has 3 nitrogen and oxygen atoms in total. The van der Waals surface area contributed by atoms with Gasteiger partial charge in [0, 0.05) is 15.5 Å². The Kier molecular flexibility index (Phi) is 4.22. The third-order valence-corrected chi connectivity index (χ3v) is 4.14. The Balaban J connectivity index is 2.27. The van der Waals surface area contributed by atoms with Gasteiger partial charge in [-0.25, -0.2) is 0 Å². The minimum absolute atomic E-state index is 0.0426. The molecular weight excluding hydrogens is 348 g/mol. The molecule has 17 heavy (non-hydrogen) atoms. The lowest BCUT2D eigenvalue weighted by Crippen LogP contribution is -2.38. The van der Waals surface area contributed by atoms with Gasteiger partial charge < -0.3 is 10.2 Å². The number of amides is 1. The van der Waals surface area contributed by atoms with Crippen LogP contribution in [0.2, 0.25) is 0 Å². The molecule has 1 atom stereocenters. The Morgan fingerprint density at radius 3 is 2.65 bits per heavy atom. The highest BCUT2D eigenvalue weighted by molar-refractivity contribution is 9.11. The second kappa shape index (κ2) is 5.50. The fourth-order valence-electron chi connectivity index (χ4n) is 2.08. The summed E-state index contributed by atoms with van der Waals surface area (Å²) in [6.07, 6.45) is 0.862. The van der Waals surface area contributed by atoms with Gasteiger partial charge in [0.15, 0.2) is 0 Å². The number of rotatable bonds is 3. The predicted octanol–water partition coefficient (Wildman–Crippen LogP) is 2.93. The zero-order chi connectivity index (χ0) is 12.4. The maximum atomic E-state index is 12.2. The third-order valence-electron chi connectivity index (χ3n) is 2.86. The average molecular weight is 362 g/mol. The van der Waals surface area contributed by atoms with Crippen molar-refractivity contribution in [1.29, 1.82) is 0 Å². The average Bonchev–Trinajstić information content (AvgIpc) is 2.62. The number of likely N-dealkylation sites (N-methyl/N-ethyl adjacent to an activating group) is 1. The summed E-state index contributed by atoms with van der Waals surface area (Å²) in [7, 11) is 0. The summed E-state index contributed by atoms with van der Waals surface area (Å²) >= 11 is 7.00. The first-order valence-electron chi connectivity index (χ1n) is 5.64. The molecule has 1 aliphatic heterocycles. The van der Waals surface area contributed by atoms with Gasteiger partial charge in [-0.15, -0.1) is 0 Å². The van der Waals surface area contributed by atoms with E-state index < -0.39 is 0 Å². The van der Waals surface area contributed by atoms with Gasteiger partial charge in [-0.1, -0.05) is 13.0 Å². The standard InChI is InChI=1S/C12H14Br2N2O/c1-2-15-10-6-7-16(12(10)17)11-8(13)4-3-5-9(11)14/h3-5,10,15H,2,6-7H2,1H3. The molecule has 0 spiro atoms. The highest BCUT2D eigenvalue weighted by Crippen LogP contribution is 2.36. The minimum Gasteiger partial charge on any atom is -0.309 e. The number of hydrogen-bond acceptors (Lipinski definition) is 2. The van der Waals surface area contributed by atoms with E-state index in [1.54, 1.807) is 0 Å². The molecule has 2 rings (SSSR count). The Hall–Kier alpha value is -0.390. The Morgan fingerprint density at radius 1 is 1.41 bits per heavy atom. The first-order chi connectivity index (χ1) is 8.15. The summed E-state index contributed by atoms with van der Waals surface area (Å²) in [4.78, 5) is 14.1. The van der Waals surface area contributed by atoms with E-state index in [-0.39, 0.29) is 11.9 Å². The van der Waals surface area contributed by atoms with E-state index in [1.165, 1.54) is 0 Å². The van der Waals surface area contributed by atoms with Gasteiger partial charge >= 0.3 is 0 Å². The van der Waals surface area contributed by atoms with Crippen molar-refractivity contribution in [2.24, 2.45) is 0 Å². The summed E-state index contributed by atoms with van der Waals surface area (Å²) in [6, 6.07) is 5.81. The molecule has 0 bridgehead atoms. The van der Waals surface area contributed by atoms with Crippen molar-refractivity contribution in [3.63, 3.8) is 0 Å². The van der Waals surface area contributed by atoms with E-state index in [9.17, 15) is 4.79 Å². The SMILES string of the molecule is CCNC1CCN(c2c(Br)cccc2Br)C1=O. The lowest BCUT2D eigenvalue weighted by molar-refractivity contribution is -0.118. The second-order valence-corrected chi connectivity index (χ2v) is 5.67. The van der Waals surface area contributed by atoms with Crippen molar-refractivity contribution in [2.75, 3.05) is 18.0 Å². The van der Waals surface area contributed by atoms with Crippen LogP contribution in [0.25, 0.3) is 0 Å². The zero-order valence-electron chi connectivity index (χ0n) is 9.54. The van der Waals surface area contributed by atoms with Crippen molar-refractivity contribution in [3.8, 4) is 0 Å². The fraction of sp³-hybridized carbons (Fsp3) is 0.417. The van der Waals surface area contributed by atoms with Crippen LogP contribution >= 0.6 is 31.9 Å². The number of benzene rings is 1. The van der Waals surface area contributed by atoms with Gasteiger partial charge in [-0.2, -0.15) is 0 Å². The van der Waals surface area contributed by atoms with E-state index >= 15 is 0 Å². The smallest absolute Gasteiger partial charge is 0.244 e. The van der Waals surface area contributed by atoms with Crippen LogP contribution in [-0.2, 0) is 4.79 Å². The molecule has 5 heteroatoms.